The molecule has 43 heavy (non-hydrogen) atoms. The van der Waals surface area contributed by atoms with E-state index in [4.69, 9.17) is 4.99 Å². The minimum atomic E-state index is -0.151. The van der Waals surface area contributed by atoms with Crippen molar-refractivity contribution < 1.29 is 14.5 Å². The van der Waals surface area contributed by atoms with Crippen molar-refractivity contribution in [1.82, 2.24) is 0 Å². The SMILES string of the molecule is CCCCCCCC[N+](CCCCCCCC)=C1N=C(c2ccccc2)/C(=C2/C(=O)C(c3cc4ccccc4s3)=C2[O-])S1. The zero-order valence-corrected chi connectivity index (χ0v) is 27.3. The zero-order chi connectivity index (χ0) is 30.0. The average molecular weight is 613 g/mol. The Morgan fingerprint density at radius 1 is 0.744 bits per heavy atom. The van der Waals surface area contributed by atoms with Crippen LogP contribution < -0.4 is 5.11 Å². The highest BCUT2D eigenvalue weighted by molar-refractivity contribution is 8.18. The van der Waals surface area contributed by atoms with E-state index in [2.05, 4.69) is 18.4 Å². The van der Waals surface area contributed by atoms with Crippen molar-refractivity contribution in [3.63, 3.8) is 0 Å². The van der Waals surface area contributed by atoms with E-state index in [0.29, 0.717) is 11.1 Å². The van der Waals surface area contributed by atoms with Crippen LogP contribution in [0.2, 0.25) is 0 Å². The van der Waals surface area contributed by atoms with Gasteiger partial charge >= 0.3 is 5.17 Å². The van der Waals surface area contributed by atoms with Crippen molar-refractivity contribution in [2.24, 2.45) is 4.99 Å². The standard InChI is InChI=1S/C37H44N2O2S2/c1-3-5-7-9-11-18-24-39(25-19-12-10-8-6-4-2)37-38-33(27-20-14-13-15-21-27)36(43-37)32-34(40)31(35(32)41)30-26-28-22-16-17-23-29(28)42-30/h13-17,20-23,26H,3-12,18-19,24-25H2,1-2H3. The first kappa shape index (κ1) is 31.5. The van der Waals surface area contributed by atoms with Crippen LogP contribution >= 0.6 is 23.1 Å². The quantitative estimate of drug-likeness (QED) is 0.0921. The van der Waals surface area contributed by atoms with Gasteiger partial charge in [-0.2, -0.15) is 0 Å². The molecule has 0 N–H and O–H groups in total. The number of unbranched alkanes of at least 4 members (excludes halogenated alkanes) is 10. The lowest BCUT2D eigenvalue weighted by molar-refractivity contribution is -0.527. The topological polar surface area (TPSA) is 55.5 Å². The molecule has 5 rings (SSSR count). The number of allylic oxidation sites excluding steroid dienone is 3. The summed E-state index contributed by atoms with van der Waals surface area (Å²) in [7, 11) is 0. The molecule has 1 aliphatic carbocycles. The van der Waals surface area contributed by atoms with E-state index in [1.54, 1.807) is 0 Å². The fraction of sp³-hybridized carbons (Fsp3) is 0.432. The van der Waals surface area contributed by atoms with Crippen molar-refractivity contribution in [2.45, 2.75) is 90.9 Å². The van der Waals surface area contributed by atoms with Gasteiger partial charge in [0.15, 0.2) is 11.5 Å². The van der Waals surface area contributed by atoms with E-state index in [-0.39, 0.29) is 11.5 Å². The molecule has 0 bridgehead atoms. The van der Waals surface area contributed by atoms with Gasteiger partial charge in [-0.25, -0.2) is 0 Å². The summed E-state index contributed by atoms with van der Waals surface area (Å²) in [6.45, 7) is 6.42. The number of rotatable bonds is 16. The molecule has 2 aliphatic rings. The highest BCUT2D eigenvalue weighted by Crippen LogP contribution is 2.45. The van der Waals surface area contributed by atoms with Gasteiger partial charge < -0.3 is 5.11 Å². The lowest BCUT2D eigenvalue weighted by Gasteiger charge is -2.30. The molecular weight excluding hydrogens is 569 g/mol. The van der Waals surface area contributed by atoms with Gasteiger partial charge in [-0.15, -0.1) is 11.3 Å². The first-order valence-electron chi connectivity index (χ1n) is 16.3. The number of aliphatic imine (C=N–C) groups is 1. The molecule has 0 radical (unpaired) electrons. The monoisotopic (exact) mass is 612 g/mol. The Hall–Kier alpha value is -2.96. The zero-order valence-electron chi connectivity index (χ0n) is 25.7. The number of hydrogen-bond donors (Lipinski definition) is 0. The third-order valence-electron chi connectivity index (χ3n) is 8.30. The summed E-state index contributed by atoms with van der Waals surface area (Å²) in [6, 6.07) is 20.0. The molecule has 0 fully saturated rings. The molecule has 1 aromatic heterocycles. The Labute approximate surface area is 265 Å². The van der Waals surface area contributed by atoms with Crippen LogP contribution in [-0.2, 0) is 4.79 Å². The summed E-state index contributed by atoms with van der Waals surface area (Å²) in [4.78, 5) is 20.3. The van der Waals surface area contributed by atoms with Gasteiger partial charge in [0.2, 0.25) is 0 Å². The van der Waals surface area contributed by atoms with Gasteiger partial charge in [0.05, 0.1) is 18.0 Å². The van der Waals surface area contributed by atoms with E-state index < -0.39 is 0 Å². The molecule has 0 spiro atoms. The maximum absolute atomic E-state index is 13.7. The van der Waals surface area contributed by atoms with Gasteiger partial charge in [-0.05, 0) is 48.2 Å². The van der Waals surface area contributed by atoms with E-state index >= 15 is 0 Å². The van der Waals surface area contributed by atoms with Gasteiger partial charge in [0.1, 0.15) is 0 Å². The second-order valence-corrected chi connectivity index (χ2v) is 13.7. The molecule has 0 saturated heterocycles. The number of Topliss-reactive ketones (excluding diaryl/α,β-unsaturated/α-hetero) is 1. The minimum absolute atomic E-state index is 0.151. The molecule has 0 amide bonds. The predicted octanol–water partition coefficient (Wildman–Crippen LogP) is 9.14. The molecule has 4 nitrogen and oxygen atoms in total. The summed E-state index contributed by atoms with van der Waals surface area (Å²) in [5.74, 6) is -0.301. The van der Waals surface area contributed by atoms with Crippen LogP contribution in [0.4, 0.5) is 0 Å². The number of amidine groups is 1. The number of nitrogens with zero attached hydrogens (tertiary/aromatic N) is 2. The number of benzene rings is 2. The Balaban J connectivity index is 1.45. The normalized spacial score (nSPS) is 16.7. The second kappa shape index (κ2) is 15.7. The van der Waals surface area contributed by atoms with Crippen molar-refractivity contribution in [3.05, 3.63) is 87.3 Å². The van der Waals surface area contributed by atoms with Crippen LogP contribution in [0.25, 0.3) is 15.7 Å². The van der Waals surface area contributed by atoms with Crippen LogP contribution in [0.1, 0.15) is 101 Å². The van der Waals surface area contributed by atoms with E-state index in [1.807, 2.05) is 60.7 Å². The second-order valence-electron chi connectivity index (χ2n) is 11.6. The minimum Gasteiger partial charge on any atom is -0.871 e. The average Bonchev–Trinajstić information content (AvgIpc) is 3.64. The van der Waals surface area contributed by atoms with Crippen LogP contribution in [0.5, 0.6) is 0 Å². The van der Waals surface area contributed by atoms with Gasteiger partial charge in [0.25, 0.3) is 0 Å². The van der Waals surface area contributed by atoms with Crippen molar-refractivity contribution in [3.8, 4) is 0 Å². The van der Waals surface area contributed by atoms with Gasteiger partial charge in [0, 0.05) is 38.0 Å². The van der Waals surface area contributed by atoms with Crippen molar-refractivity contribution >= 4 is 55.4 Å². The van der Waals surface area contributed by atoms with Gasteiger partial charge in [-0.3, -0.25) is 9.37 Å². The maximum atomic E-state index is 13.7. The Bertz CT molecular complexity index is 1490. The Morgan fingerprint density at radius 2 is 1.35 bits per heavy atom. The third kappa shape index (κ3) is 7.58. The lowest BCUT2D eigenvalue weighted by Crippen LogP contribution is -2.30. The number of fused-ring (bicyclic) bond motifs is 1. The molecule has 0 atom stereocenters. The fourth-order valence-electron chi connectivity index (χ4n) is 5.80. The number of carbonyl (C=O) groups excluding carboxylic acids is 1. The highest BCUT2D eigenvalue weighted by Gasteiger charge is 2.40. The van der Waals surface area contributed by atoms with Crippen LogP contribution in [0.15, 0.2) is 81.9 Å². The van der Waals surface area contributed by atoms with E-state index in [1.165, 1.54) is 87.3 Å². The number of ketones is 1. The third-order valence-corrected chi connectivity index (χ3v) is 10.6. The van der Waals surface area contributed by atoms with E-state index in [9.17, 15) is 9.90 Å². The number of hydrogen-bond acceptors (Lipinski definition) is 4. The molecule has 2 aromatic carbocycles. The molecule has 226 valence electrons. The number of thioether (sulfide) groups is 1. The predicted molar refractivity (Wildman–Crippen MR) is 183 cm³/mol. The molecule has 0 unspecified atom stereocenters. The molecule has 0 saturated carbocycles. The van der Waals surface area contributed by atoms with Crippen LogP contribution in [0, 0.1) is 0 Å². The Kier molecular flexibility index (Phi) is 11.5. The largest absolute Gasteiger partial charge is 0.871 e. The summed E-state index contributed by atoms with van der Waals surface area (Å²) >= 11 is 3.04. The van der Waals surface area contributed by atoms with Crippen LogP contribution in [0.3, 0.4) is 0 Å². The molecular formula is C37H44N2O2S2. The molecule has 6 heteroatoms. The number of carbonyl (C=O) groups is 1. The molecule has 3 aromatic rings. The highest BCUT2D eigenvalue weighted by atomic mass is 32.2. The lowest BCUT2D eigenvalue weighted by atomic mass is 9.85. The maximum Gasteiger partial charge on any atom is 0.360 e. The first-order valence-corrected chi connectivity index (χ1v) is 17.9. The first-order chi connectivity index (χ1) is 21.1. The number of thiophene rings is 1. The van der Waals surface area contributed by atoms with E-state index in [0.717, 1.165) is 62.2 Å². The molecule has 1 aliphatic heterocycles. The smallest absolute Gasteiger partial charge is 0.360 e. The van der Waals surface area contributed by atoms with Crippen LogP contribution in [-0.4, -0.2) is 34.3 Å². The fourth-order valence-corrected chi connectivity index (χ4v) is 8.08. The Morgan fingerprint density at radius 3 is 1.98 bits per heavy atom. The van der Waals surface area contributed by atoms with Crippen molar-refractivity contribution in [1.29, 1.82) is 0 Å². The summed E-state index contributed by atoms with van der Waals surface area (Å²) in [5, 5.41) is 15.7. The summed E-state index contributed by atoms with van der Waals surface area (Å²) < 4.78 is 3.51. The summed E-state index contributed by atoms with van der Waals surface area (Å²) in [6.07, 6.45) is 15.0. The molecule has 2 heterocycles. The summed E-state index contributed by atoms with van der Waals surface area (Å²) in [5.41, 5.74) is 2.32. The van der Waals surface area contributed by atoms with Crippen molar-refractivity contribution in [2.75, 3.05) is 13.1 Å². The van der Waals surface area contributed by atoms with Gasteiger partial charge in [-0.1, -0.05) is 120 Å².